The Morgan fingerprint density at radius 2 is 1.84 bits per heavy atom. The third-order valence-corrected chi connectivity index (χ3v) is 3.65. The van der Waals surface area contributed by atoms with Crippen LogP contribution in [0.3, 0.4) is 0 Å². The molecule has 0 aliphatic carbocycles. The van der Waals surface area contributed by atoms with Crippen LogP contribution in [0.5, 0.6) is 0 Å². The van der Waals surface area contributed by atoms with Gasteiger partial charge in [-0.15, -0.1) is 0 Å². The van der Waals surface area contributed by atoms with Crippen molar-refractivity contribution in [1.29, 1.82) is 0 Å². The van der Waals surface area contributed by atoms with Crippen molar-refractivity contribution in [2.45, 2.75) is 32.8 Å². The van der Waals surface area contributed by atoms with Gasteiger partial charge in [-0.3, -0.25) is 9.59 Å². The largest absolute Gasteiger partial charge is 0.459 e. The summed E-state index contributed by atoms with van der Waals surface area (Å²) in [6.07, 6.45) is -0.207. The molecule has 0 aromatic heterocycles. The van der Waals surface area contributed by atoms with E-state index in [0.717, 1.165) is 0 Å². The SMILES string of the molecule is CN(C)CCN(CC(=O)OC(C)(C)C)C(=O)Cc1c(F)cccc1Cl. The molecule has 0 saturated carbocycles. The smallest absolute Gasteiger partial charge is 0.326 e. The van der Waals surface area contributed by atoms with Crippen LogP contribution in [0.1, 0.15) is 26.3 Å². The van der Waals surface area contributed by atoms with Crippen LogP contribution < -0.4 is 0 Å². The van der Waals surface area contributed by atoms with Gasteiger partial charge in [0.2, 0.25) is 5.91 Å². The molecule has 0 fully saturated rings. The Morgan fingerprint density at radius 3 is 2.36 bits per heavy atom. The molecule has 0 spiro atoms. The minimum atomic E-state index is -0.637. The van der Waals surface area contributed by atoms with Gasteiger partial charge in [-0.2, -0.15) is 0 Å². The van der Waals surface area contributed by atoms with Crippen molar-refractivity contribution >= 4 is 23.5 Å². The first-order valence-corrected chi connectivity index (χ1v) is 8.44. The summed E-state index contributed by atoms with van der Waals surface area (Å²) in [6, 6.07) is 4.27. The molecule has 0 N–H and O–H groups in total. The first-order valence-electron chi connectivity index (χ1n) is 8.07. The van der Waals surface area contributed by atoms with E-state index in [1.807, 2.05) is 19.0 Å². The highest BCUT2D eigenvalue weighted by Crippen LogP contribution is 2.20. The Morgan fingerprint density at radius 1 is 1.20 bits per heavy atom. The Hall–Kier alpha value is -1.66. The quantitative estimate of drug-likeness (QED) is 0.690. The Kier molecular flexibility index (Phi) is 7.83. The van der Waals surface area contributed by atoms with Gasteiger partial charge in [-0.05, 0) is 47.0 Å². The van der Waals surface area contributed by atoms with E-state index in [-0.39, 0.29) is 29.5 Å². The van der Waals surface area contributed by atoms with Gasteiger partial charge < -0.3 is 14.5 Å². The van der Waals surface area contributed by atoms with Gasteiger partial charge in [0.05, 0.1) is 6.42 Å². The second-order valence-corrected chi connectivity index (χ2v) is 7.49. The standard InChI is InChI=1S/C18H26ClFN2O3/c1-18(2,3)25-17(24)12-22(10-9-21(4)5)16(23)11-13-14(19)7-6-8-15(13)20/h6-8H,9-12H2,1-5H3. The summed E-state index contributed by atoms with van der Waals surface area (Å²) >= 11 is 5.99. The fraction of sp³-hybridized carbons (Fsp3) is 0.556. The average Bonchev–Trinajstić information content (AvgIpc) is 2.45. The van der Waals surface area contributed by atoms with Crippen LogP contribution in [-0.2, 0) is 20.7 Å². The highest BCUT2D eigenvalue weighted by molar-refractivity contribution is 6.31. The number of halogens is 2. The third kappa shape index (κ3) is 7.84. The minimum Gasteiger partial charge on any atom is -0.459 e. The van der Waals surface area contributed by atoms with Crippen LogP contribution in [-0.4, -0.2) is 61.0 Å². The number of hydrogen-bond acceptors (Lipinski definition) is 4. The zero-order valence-electron chi connectivity index (χ0n) is 15.4. The summed E-state index contributed by atoms with van der Waals surface area (Å²) in [5.74, 6) is -1.41. The van der Waals surface area contributed by atoms with Crippen LogP contribution in [0.15, 0.2) is 18.2 Å². The first-order chi connectivity index (χ1) is 11.5. The van der Waals surface area contributed by atoms with E-state index in [4.69, 9.17) is 16.3 Å². The summed E-state index contributed by atoms with van der Waals surface area (Å²) < 4.78 is 19.2. The predicted molar refractivity (Wildman–Crippen MR) is 96.1 cm³/mol. The Labute approximate surface area is 153 Å². The van der Waals surface area contributed by atoms with E-state index in [9.17, 15) is 14.0 Å². The van der Waals surface area contributed by atoms with Gasteiger partial charge in [0.15, 0.2) is 0 Å². The van der Waals surface area contributed by atoms with Crippen LogP contribution in [0.2, 0.25) is 5.02 Å². The molecular weight excluding hydrogens is 347 g/mol. The minimum absolute atomic E-state index is 0.133. The molecule has 25 heavy (non-hydrogen) atoms. The molecule has 0 heterocycles. The van der Waals surface area contributed by atoms with Gasteiger partial charge >= 0.3 is 5.97 Å². The maximum atomic E-state index is 13.9. The summed E-state index contributed by atoms with van der Waals surface area (Å²) in [7, 11) is 3.73. The molecule has 1 rings (SSSR count). The van der Waals surface area contributed by atoms with Crippen LogP contribution in [0, 0.1) is 5.82 Å². The van der Waals surface area contributed by atoms with Crippen LogP contribution >= 0.6 is 11.6 Å². The van der Waals surface area contributed by atoms with Crippen LogP contribution in [0.4, 0.5) is 4.39 Å². The summed E-state index contributed by atoms with van der Waals surface area (Å²) in [4.78, 5) is 27.9. The van der Waals surface area contributed by atoms with E-state index in [0.29, 0.717) is 13.1 Å². The van der Waals surface area contributed by atoms with Crippen molar-refractivity contribution in [2.75, 3.05) is 33.7 Å². The molecule has 0 aliphatic rings. The van der Waals surface area contributed by atoms with Gasteiger partial charge in [-0.25, -0.2) is 4.39 Å². The van der Waals surface area contributed by atoms with Gasteiger partial charge in [0, 0.05) is 23.7 Å². The highest BCUT2D eigenvalue weighted by Gasteiger charge is 2.23. The molecule has 0 atom stereocenters. The Balaban J connectivity index is 2.87. The number of nitrogens with zero attached hydrogens (tertiary/aromatic N) is 2. The number of benzene rings is 1. The normalized spacial score (nSPS) is 11.5. The summed E-state index contributed by atoms with van der Waals surface area (Å²) in [5, 5.41) is 0.193. The van der Waals surface area contributed by atoms with Crippen molar-refractivity contribution in [3.8, 4) is 0 Å². The van der Waals surface area contributed by atoms with E-state index in [1.165, 1.54) is 23.1 Å². The lowest BCUT2D eigenvalue weighted by Gasteiger charge is -2.26. The molecule has 0 aliphatic heterocycles. The molecule has 0 bridgehead atoms. The number of ether oxygens (including phenoxy) is 1. The Bertz CT molecular complexity index is 595. The zero-order valence-corrected chi connectivity index (χ0v) is 16.2. The van der Waals surface area contributed by atoms with Crippen molar-refractivity contribution in [1.82, 2.24) is 9.80 Å². The third-order valence-electron chi connectivity index (χ3n) is 3.30. The van der Waals surface area contributed by atoms with Crippen molar-refractivity contribution in [3.05, 3.63) is 34.6 Å². The second kappa shape index (κ2) is 9.15. The van der Waals surface area contributed by atoms with Gasteiger partial charge in [-0.1, -0.05) is 17.7 Å². The van der Waals surface area contributed by atoms with E-state index >= 15 is 0 Å². The number of likely N-dealkylation sites (N-methyl/N-ethyl adjacent to an activating group) is 1. The van der Waals surface area contributed by atoms with E-state index < -0.39 is 17.4 Å². The number of carbonyl (C=O) groups is 2. The number of amides is 1. The molecule has 1 aromatic rings. The van der Waals surface area contributed by atoms with Gasteiger partial charge in [0.25, 0.3) is 0 Å². The lowest BCUT2D eigenvalue weighted by molar-refractivity contribution is -0.158. The highest BCUT2D eigenvalue weighted by atomic mass is 35.5. The molecule has 140 valence electrons. The summed E-state index contributed by atoms with van der Waals surface area (Å²) in [5.41, 5.74) is -0.504. The fourth-order valence-electron chi connectivity index (χ4n) is 2.11. The maximum absolute atomic E-state index is 13.9. The predicted octanol–water partition coefficient (Wildman–Crippen LogP) is 2.75. The molecule has 7 heteroatoms. The van der Waals surface area contributed by atoms with Crippen molar-refractivity contribution < 1.29 is 18.7 Å². The molecule has 0 radical (unpaired) electrons. The second-order valence-electron chi connectivity index (χ2n) is 7.08. The van der Waals surface area contributed by atoms with E-state index in [1.54, 1.807) is 20.8 Å². The average molecular weight is 373 g/mol. The topological polar surface area (TPSA) is 49.9 Å². The maximum Gasteiger partial charge on any atom is 0.326 e. The monoisotopic (exact) mass is 372 g/mol. The zero-order chi connectivity index (χ0) is 19.2. The number of carbonyl (C=O) groups excluding carboxylic acids is 2. The molecule has 0 unspecified atom stereocenters. The number of hydrogen-bond donors (Lipinski definition) is 0. The van der Waals surface area contributed by atoms with E-state index in [2.05, 4.69) is 0 Å². The first kappa shape index (κ1) is 21.4. The van der Waals surface area contributed by atoms with Crippen LogP contribution in [0.25, 0.3) is 0 Å². The molecule has 1 amide bonds. The lowest BCUT2D eigenvalue weighted by atomic mass is 10.1. The number of rotatable bonds is 7. The molecular formula is C18H26ClFN2O3. The lowest BCUT2D eigenvalue weighted by Crippen LogP contribution is -2.42. The van der Waals surface area contributed by atoms with Crippen molar-refractivity contribution in [2.24, 2.45) is 0 Å². The molecule has 1 aromatic carbocycles. The number of esters is 1. The molecule has 5 nitrogen and oxygen atoms in total. The van der Waals surface area contributed by atoms with Gasteiger partial charge in [0.1, 0.15) is 18.0 Å². The molecule has 0 saturated heterocycles. The summed E-state index contributed by atoms with van der Waals surface area (Å²) in [6.45, 7) is 5.99. The van der Waals surface area contributed by atoms with Crippen molar-refractivity contribution in [3.63, 3.8) is 0 Å². The fourth-order valence-corrected chi connectivity index (χ4v) is 2.34.